The van der Waals surface area contributed by atoms with Crippen LogP contribution in [0.3, 0.4) is 0 Å². The number of hydrogen-bond acceptors (Lipinski definition) is 4. The minimum Gasteiger partial charge on any atom is -0.334 e. The van der Waals surface area contributed by atoms with Crippen molar-refractivity contribution in [1.29, 1.82) is 0 Å². The van der Waals surface area contributed by atoms with Crippen LogP contribution in [0.25, 0.3) is 11.5 Å². The zero-order chi connectivity index (χ0) is 12.4. The van der Waals surface area contributed by atoms with Gasteiger partial charge in [0.05, 0.1) is 5.56 Å². The number of piperidine rings is 1. The highest BCUT2D eigenvalue weighted by Gasteiger charge is 2.21. The summed E-state index contributed by atoms with van der Waals surface area (Å²) in [6, 6.07) is 6.43. The number of nitrogens with zero attached hydrogens (tertiary/aromatic N) is 2. The molecule has 0 saturated carbocycles. The average Bonchev–Trinajstić information content (AvgIpc) is 2.90. The minimum absolute atomic E-state index is 0.258. The highest BCUT2D eigenvalue weighted by atomic mass is 19.1. The average molecular weight is 247 g/mol. The fourth-order valence-corrected chi connectivity index (χ4v) is 2.22. The van der Waals surface area contributed by atoms with Crippen LogP contribution in [0.4, 0.5) is 4.39 Å². The molecule has 1 aromatic heterocycles. The van der Waals surface area contributed by atoms with E-state index in [2.05, 4.69) is 15.5 Å². The monoisotopic (exact) mass is 247 g/mol. The molecule has 0 unspecified atom stereocenters. The zero-order valence-corrected chi connectivity index (χ0v) is 9.90. The summed E-state index contributed by atoms with van der Waals surface area (Å²) < 4.78 is 18.7. The summed E-state index contributed by atoms with van der Waals surface area (Å²) in [5.74, 6) is 0.853. The van der Waals surface area contributed by atoms with E-state index in [0.717, 1.165) is 25.9 Å². The molecular weight excluding hydrogens is 233 g/mol. The summed E-state index contributed by atoms with van der Waals surface area (Å²) in [4.78, 5) is 4.31. The standard InChI is InChI=1S/C13H14FN3O/c14-11-6-2-1-5-10(11)13-16-12(17-18-13)9-4-3-7-15-8-9/h1-2,5-6,9,15H,3-4,7-8H2/t9-/m1/s1. The normalized spacial score (nSPS) is 19.9. The van der Waals surface area contributed by atoms with Crippen molar-refractivity contribution in [2.45, 2.75) is 18.8 Å². The molecule has 1 saturated heterocycles. The Hall–Kier alpha value is -1.75. The first-order valence-corrected chi connectivity index (χ1v) is 6.14. The molecule has 1 fully saturated rings. The second-order valence-electron chi connectivity index (χ2n) is 4.48. The van der Waals surface area contributed by atoms with Gasteiger partial charge in [-0.1, -0.05) is 17.3 Å². The van der Waals surface area contributed by atoms with Crippen LogP contribution in [-0.2, 0) is 0 Å². The molecule has 18 heavy (non-hydrogen) atoms. The smallest absolute Gasteiger partial charge is 0.260 e. The molecule has 1 atom stereocenters. The maximum Gasteiger partial charge on any atom is 0.260 e. The van der Waals surface area contributed by atoms with Crippen LogP contribution >= 0.6 is 0 Å². The van der Waals surface area contributed by atoms with Crippen LogP contribution in [-0.4, -0.2) is 23.2 Å². The maximum atomic E-state index is 13.6. The Bertz CT molecular complexity index is 535. The van der Waals surface area contributed by atoms with Crippen LogP contribution in [0.15, 0.2) is 28.8 Å². The lowest BCUT2D eigenvalue weighted by molar-refractivity contribution is 0.392. The number of hydrogen-bond donors (Lipinski definition) is 1. The first kappa shape index (κ1) is 11.3. The molecule has 1 aliphatic heterocycles. The minimum atomic E-state index is -0.338. The summed E-state index contributed by atoms with van der Waals surface area (Å²) in [7, 11) is 0. The quantitative estimate of drug-likeness (QED) is 0.885. The van der Waals surface area contributed by atoms with Gasteiger partial charge in [-0.2, -0.15) is 4.98 Å². The van der Waals surface area contributed by atoms with Gasteiger partial charge >= 0.3 is 0 Å². The fraction of sp³-hybridized carbons (Fsp3) is 0.385. The molecule has 5 heteroatoms. The van der Waals surface area contributed by atoms with Crippen molar-refractivity contribution < 1.29 is 8.91 Å². The summed E-state index contributed by atoms with van der Waals surface area (Å²) in [5.41, 5.74) is 0.361. The lowest BCUT2D eigenvalue weighted by Gasteiger charge is -2.19. The molecule has 1 aliphatic rings. The van der Waals surface area contributed by atoms with E-state index in [1.807, 2.05) is 0 Å². The van der Waals surface area contributed by atoms with Gasteiger partial charge in [0.15, 0.2) is 5.82 Å². The predicted octanol–water partition coefficient (Wildman–Crippen LogP) is 2.34. The van der Waals surface area contributed by atoms with Crippen LogP contribution in [0.2, 0.25) is 0 Å². The number of halogens is 1. The van der Waals surface area contributed by atoms with Crippen LogP contribution in [0.1, 0.15) is 24.6 Å². The molecule has 1 N–H and O–H groups in total. The van der Waals surface area contributed by atoms with E-state index in [9.17, 15) is 4.39 Å². The van der Waals surface area contributed by atoms with Gasteiger partial charge in [0, 0.05) is 12.5 Å². The van der Waals surface area contributed by atoms with Crippen LogP contribution < -0.4 is 5.32 Å². The number of aromatic nitrogens is 2. The van der Waals surface area contributed by atoms with E-state index in [1.54, 1.807) is 18.2 Å². The van der Waals surface area contributed by atoms with Gasteiger partial charge in [-0.25, -0.2) is 4.39 Å². The Labute approximate surface area is 104 Å². The molecular formula is C13H14FN3O. The number of benzene rings is 1. The van der Waals surface area contributed by atoms with Crippen molar-refractivity contribution >= 4 is 0 Å². The lowest BCUT2D eigenvalue weighted by atomic mass is 9.99. The Kier molecular flexibility index (Phi) is 3.06. The third-order valence-corrected chi connectivity index (χ3v) is 3.21. The van der Waals surface area contributed by atoms with Gasteiger partial charge in [-0.05, 0) is 31.5 Å². The SMILES string of the molecule is Fc1ccccc1-c1nc([C@@H]2CCCNC2)no1. The molecule has 0 aliphatic carbocycles. The number of nitrogens with one attached hydrogen (secondary N) is 1. The molecule has 2 aromatic rings. The molecule has 94 valence electrons. The molecule has 2 heterocycles. The van der Waals surface area contributed by atoms with E-state index in [0.29, 0.717) is 11.4 Å². The lowest BCUT2D eigenvalue weighted by Crippen LogP contribution is -2.28. The van der Waals surface area contributed by atoms with Crippen LogP contribution in [0, 0.1) is 5.82 Å². The van der Waals surface area contributed by atoms with E-state index in [1.165, 1.54) is 6.07 Å². The molecule has 0 radical (unpaired) electrons. The second-order valence-corrected chi connectivity index (χ2v) is 4.48. The topological polar surface area (TPSA) is 51.0 Å². The second kappa shape index (κ2) is 4.86. The Balaban J connectivity index is 1.87. The number of rotatable bonds is 2. The highest BCUT2D eigenvalue weighted by molar-refractivity contribution is 5.53. The van der Waals surface area contributed by atoms with Gasteiger partial charge in [0.2, 0.25) is 0 Å². The van der Waals surface area contributed by atoms with E-state index in [-0.39, 0.29) is 17.6 Å². The largest absolute Gasteiger partial charge is 0.334 e. The van der Waals surface area contributed by atoms with Crippen LogP contribution in [0.5, 0.6) is 0 Å². The molecule has 3 rings (SSSR count). The first-order valence-electron chi connectivity index (χ1n) is 6.14. The Morgan fingerprint density at radius 3 is 3.00 bits per heavy atom. The van der Waals surface area contributed by atoms with Crippen molar-refractivity contribution in [2.75, 3.05) is 13.1 Å². The maximum absolute atomic E-state index is 13.6. The van der Waals surface area contributed by atoms with Gasteiger partial charge in [0.1, 0.15) is 5.82 Å². The first-order chi connectivity index (χ1) is 8.84. The summed E-state index contributed by atoms with van der Waals surface area (Å²) in [6.45, 7) is 1.89. The van der Waals surface area contributed by atoms with Gasteiger partial charge in [-0.15, -0.1) is 0 Å². The molecule has 4 nitrogen and oxygen atoms in total. The van der Waals surface area contributed by atoms with Crippen molar-refractivity contribution in [1.82, 2.24) is 15.5 Å². The molecule has 0 spiro atoms. The van der Waals surface area contributed by atoms with Gasteiger partial charge in [0.25, 0.3) is 5.89 Å². The Morgan fingerprint density at radius 1 is 1.33 bits per heavy atom. The molecule has 1 aromatic carbocycles. The molecule has 0 amide bonds. The van der Waals surface area contributed by atoms with Crippen molar-refractivity contribution in [3.8, 4) is 11.5 Å². The van der Waals surface area contributed by atoms with Gasteiger partial charge < -0.3 is 9.84 Å². The third kappa shape index (κ3) is 2.13. The van der Waals surface area contributed by atoms with E-state index in [4.69, 9.17) is 4.52 Å². The van der Waals surface area contributed by atoms with Crippen molar-refractivity contribution in [3.05, 3.63) is 35.9 Å². The van der Waals surface area contributed by atoms with E-state index >= 15 is 0 Å². The summed E-state index contributed by atoms with van der Waals surface area (Å²) in [5, 5.41) is 7.26. The fourth-order valence-electron chi connectivity index (χ4n) is 2.22. The van der Waals surface area contributed by atoms with E-state index < -0.39 is 0 Å². The van der Waals surface area contributed by atoms with Gasteiger partial charge in [-0.3, -0.25) is 0 Å². The third-order valence-electron chi connectivity index (χ3n) is 3.21. The zero-order valence-electron chi connectivity index (χ0n) is 9.90. The highest BCUT2D eigenvalue weighted by Crippen LogP contribution is 2.25. The van der Waals surface area contributed by atoms with Crippen molar-refractivity contribution in [3.63, 3.8) is 0 Å². The summed E-state index contributed by atoms with van der Waals surface area (Å²) in [6.07, 6.45) is 2.15. The molecule has 0 bridgehead atoms. The predicted molar refractivity (Wildman–Crippen MR) is 64.5 cm³/mol. The summed E-state index contributed by atoms with van der Waals surface area (Å²) >= 11 is 0. The van der Waals surface area contributed by atoms with Crippen molar-refractivity contribution in [2.24, 2.45) is 0 Å². The Morgan fingerprint density at radius 2 is 2.22 bits per heavy atom.